The van der Waals surface area contributed by atoms with E-state index in [2.05, 4.69) is 5.32 Å². The maximum Gasteiger partial charge on any atom is 0.255 e. The Kier molecular flexibility index (Phi) is 4.60. The molecule has 110 valence electrons. The molecule has 1 rings (SSSR count). The Hall–Kier alpha value is -1.82. The molecule has 0 aliphatic rings. The zero-order chi connectivity index (χ0) is 15.7. The van der Waals surface area contributed by atoms with Crippen molar-refractivity contribution < 1.29 is 18.8 Å². The van der Waals surface area contributed by atoms with Crippen LogP contribution in [0.1, 0.15) is 47.2 Å². The molecule has 0 bridgehead atoms. The predicted octanol–water partition coefficient (Wildman–Crippen LogP) is 2.09. The molecule has 2 amide bonds. The zero-order valence-electron chi connectivity index (χ0n) is 11.8. The Morgan fingerprint density at radius 3 is 2.25 bits per heavy atom. The first-order chi connectivity index (χ1) is 9.11. The van der Waals surface area contributed by atoms with Crippen molar-refractivity contribution in [1.29, 1.82) is 0 Å². The number of nitrogens with two attached hydrogens (primary N) is 1. The number of ketones is 1. The lowest BCUT2D eigenvalue weighted by Crippen LogP contribution is -2.32. The van der Waals surface area contributed by atoms with E-state index in [1.54, 1.807) is 13.8 Å². The van der Waals surface area contributed by atoms with Gasteiger partial charge in [0.1, 0.15) is 11.3 Å². The van der Waals surface area contributed by atoms with Gasteiger partial charge in [-0.3, -0.25) is 19.7 Å². The van der Waals surface area contributed by atoms with E-state index >= 15 is 0 Å². The third-order valence-corrected chi connectivity index (χ3v) is 3.53. The van der Waals surface area contributed by atoms with Crippen LogP contribution in [-0.2, 0) is 4.79 Å². The van der Waals surface area contributed by atoms with Crippen molar-refractivity contribution in [2.24, 2.45) is 11.1 Å². The Labute approximate surface area is 121 Å². The highest BCUT2D eigenvalue weighted by molar-refractivity contribution is 6.20. The monoisotopic (exact) mass is 300 g/mol. The average Bonchev–Trinajstić information content (AvgIpc) is 2.65. The first-order valence-corrected chi connectivity index (χ1v) is 6.46. The van der Waals surface area contributed by atoms with Crippen LogP contribution in [0.15, 0.2) is 4.42 Å². The lowest BCUT2D eigenvalue weighted by atomic mass is 9.95. The quantitative estimate of drug-likeness (QED) is 0.642. The number of nitrogens with one attached hydrogen (secondary N) is 1. The molecule has 3 N–H and O–H groups in total. The van der Waals surface area contributed by atoms with Crippen molar-refractivity contribution in [1.82, 2.24) is 0 Å². The predicted molar refractivity (Wildman–Crippen MR) is 75.1 cm³/mol. The minimum atomic E-state index is -0.854. The number of rotatable bonds is 5. The fourth-order valence-corrected chi connectivity index (χ4v) is 1.75. The average molecular weight is 301 g/mol. The van der Waals surface area contributed by atoms with E-state index in [0.717, 1.165) is 0 Å². The summed E-state index contributed by atoms with van der Waals surface area (Å²) in [5.74, 6) is -1.44. The molecule has 0 aliphatic carbocycles. The maximum absolute atomic E-state index is 12.0. The van der Waals surface area contributed by atoms with Gasteiger partial charge >= 0.3 is 0 Å². The summed E-state index contributed by atoms with van der Waals surface area (Å²) in [6.07, 6.45) is 0. The minimum Gasteiger partial charge on any atom is -0.444 e. The zero-order valence-corrected chi connectivity index (χ0v) is 12.6. The van der Waals surface area contributed by atoms with E-state index in [1.807, 2.05) is 0 Å². The van der Waals surface area contributed by atoms with Crippen molar-refractivity contribution in [3.63, 3.8) is 0 Å². The van der Waals surface area contributed by atoms with Gasteiger partial charge < -0.3 is 10.2 Å². The first kappa shape index (κ1) is 16.2. The second-order valence-corrected chi connectivity index (χ2v) is 5.40. The Bertz CT molecular complexity index is 575. The van der Waals surface area contributed by atoms with E-state index in [0.29, 0.717) is 0 Å². The van der Waals surface area contributed by atoms with Gasteiger partial charge in [-0.2, -0.15) is 0 Å². The highest BCUT2D eigenvalue weighted by Gasteiger charge is 2.31. The van der Waals surface area contributed by atoms with E-state index in [-0.39, 0.29) is 34.4 Å². The fourth-order valence-electron chi connectivity index (χ4n) is 1.62. The number of aryl methyl sites for hydroxylation is 1. The summed E-state index contributed by atoms with van der Waals surface area (Å²) in [6.45, 7) is 6.09. The molecule has 0 aromatic carbocycles. The second kappa shape index (κ2) is 5.66. The van der Waals surface area contributed by atoms with E-state index in [1.165, 1.54) is 13.8 Å². The van der Waals surface area contributed by atoms with Crippen LogP contribution in [0.2, 0.25) is 0 Å². The summed E-state index contributed by atoms with van der Waals surface area (Å²) in [5.41, 5.74) is 4.36. The molecule has 7 heteroatoms. The van der Waals surface area contributed by atoms with Gasteiger partial charge in [0, 0.05) is 5.88 Å². The number of halogens is 1. The molecular weight excluding hydrogens is 284 g/mol. The number of Topliss-reactive ketones (excluding diaryl/α,β-unsaturated/α-hetero) is 1. The number of carbonyl (C=O) groups is 3. The van der Waals surface area contributed by atoms with Crippen molar-refractivity contribution in [2.45, 2.75) is 27.7 Å². The summed E-state index contributed by atoms with van der Waals surface area (Å²) in [6, 6.07) is 0. The Morgan fingerprint density at radius 2 is 1.85 bits per heavy atom. The minimum absolute atomic E-state index is 0.0801. The van der Waals surface area contributed by atoms with E-state index in [9.17, 15) is 14.4 Å². The number of amides is 2. The van der Waals surface area contributed by atoms with Gasteiger partial charge in [0.15, 0.2) is 5.78 Å². The van der Waals surface area contributed by atoms with Crippen LogP contribution < -0.4 is 11.1 Å². The van der Waals surface area contributed by atoms with Crippen molar-refractivity contribution in [3.05, 3.63) is 16.9 Å². The normalized spacial score (nSPS) is 11.2. The van der Waals surface area contributed by atoms with Gasteiger partial charge in [0.25, 0.3) is 5.91 Å². The SMILES string of the molecule is CC(=O)c1c(C)oc(NC(=O)C(C)(C)CCl)c1C(N)=O. The number of hydrogen-bond donors (Lipinski definition) is 2. The van der Waals surface area contributed by atoms with Crippen LogP contribution in [0.4, 0.5) is 5.88 Å². The summed E-state index contributed by atoms with van der Waals surface area (Å²) in [5, 5.41) is 2.46. The third-order valence-electron chi connectivity index (χ3n) is 2.86. The smallest absolute Gasteiger partial charge is 0.255 e. The molecule has 0 unspecified atom stereocenters. The molecule has 0 atom stereocenters. The maximum atomic E-state index is 12.0. The molecule has 0 aliphatic heterocycles. The highest BCUT2D eigenvalue weighted by atomic mass is 35.5. The van der Waals surface area contributed by atoms with Crippen LogP contribution in [0.25, 0.3) is 0 Å². The van der Waals surface area contributed by atoms with Crippen LogP contribution >= 0.6 is 11.6 Å². The van der Waals surface area contributed by atoms with Crippen LogP contribution in [0.3, 0.4) is 0 Å². The topological polar surface area (TPSA) is 102 Å². The summed E-state index contributed by atoms with van der Waals surface area (Å²) >= 11 is 5.71. The number of primary amides is 1. The molecule has 0 radical (unpaired) electrons. The number of hydrogen-bond acceptors (Lipinski definition) is 4. The van der Waals surface area contributed by atoms with Gasteiger partial charge in [-0.15, -0.1) is 11.6 Å². The van der Waals surface area contributed by atoms with Crippen LogP contribution in [0.5, 0.6) is 0 Å². The number of alkyl halides is 1. The molecule has 1 aromatic heterocycles. The van der Waals surface area contributed by atoms with Crippen LogP contribution in [0, 0.1) is 12.3 Å². The van der Waals surface area contributed by atoms with Crippen molar-refractivity contribution >= 4 is 35.1 Å². The van der Waals surface area contributed by atoms with Gasteiger partial charge in [0.2, 0.25) is 11.8 Å². The number of anilines is 1. The number of furan rings is 1. The van der Waals surface area contributed by atoms with Gasteiger partial charge in [-0.1, -0.05) is 0 Å². The Balaban J connectivity index is 3.27. The van der Waals surface area contributed by atoms with Gasteiger partial charge in [-0.05, 0) is 27.7 Å². The summed E-state index contributed by atoms with van der Waals surface area (Å²) in [4.78, 5) is 35.1. The molecule has 6 nitrogen and oxygen atoms in total. The molecule has 0 saturated heterocycles. The standard InChI is InChI=1S/C13H17ClN2O4/c1-6(17)8-7(2)20-11(9(8)10(15)18)16-12(19)13(3,4)5-14/h5H2,1-4H3,(H2,15,18)(H,16,19). The first-order valence-electron chi connectivity index (χ1n) is 5.93. The molecule has 0 spiro atoms. The van der Waals surface area contributed by atoms with Crippen molar-refractivity contribution in [3.8, 4) is 0 Å². The fraction of sp³-hybridized carbons (Fsp3) is 0.462. The molecule has 0 fully saturated rings. The van der Waals surface area contributed by atoms with Crippen LogP contribution in [-0.4, -0.2) is 23.5 Å². The van der Waals surface area contributed by atoms with Crippen molar-refractivity contribution in [2.75, 3.05) is 11.2 Å². The Morgan fingerprint density at radius 1 is 1.30 bits per heavy atom. The number of carbonyl (C=O) groups excluding carboxylic acids is 3. The summed E-state index contributed by atoms with van der Waals surface area (Å²) in [7, 11) is 0. The van der Waals surface area contributed by atoms with Gasteiger partial charge in [-0.25, -0.2) is 0 Å². The molecule has 1 aromatic rings. The lowest BCUT2D eigenvalue weighted by Gasteiger charge is -2.19. The second-order valence-electron chi connectivity index (χ2n) is 5.13. The highest BCUT2D eigenvalue weighted by Crippen LogP contribution is 2.29. The molecule has 0 saturated carbocycles. The van der Waals surface area contributed by atoms with Gasteiger partial charge in [0.05, 0.1) is 11.0 Å². The van der Waals surface area contributed by atoms with E-state index < -0.39 is 17.2 Å². The lowest BCUT2D eigenvalue weighted by molar-refractivity contribution is -0.123. The molecule has 1 heterocycles. The van der Waals surface area contributed by atoms with E-state index in [4.69, 9.17) is 21.8 Å². The summed E-state index contributed by atoms with van der Waals surface area (Å²) < 4.78 is 5.28. The molecular formula is C13H17ClN2O4. The third kappa shape index (κ3) is 3.01. The molecule has 20 heavy (non-hydrogen) atoms. The largest absolute Gasteiger partial charge is 0.444 e.